The van der Waals surface area contributed by atoms with Crippen LogP contribution in [0.25, 0.3) is 0 Å². The van der Waals surface area contributed by atoms with Gasteiger partial charge in [0.15, 0.2) is 0 Å². The normalized spacial score (nSPS) is 15.3. The van der Waals surface area contributed by atoms with Gasteiger partial charge in [-0.15, -0.1) is 0 Å². The molecule has 6 heteroatoms. The van der Waals surface area contributed by atoms with E-state index in [1.165, 1.54) is 0 Å². The van der Waals surface area contributed by atoms with Crippen molar-refractivity contribution in [1.29, 1.82) is 0 Å². The summed E-state index contributed by atoms with van der Waals surface area (Å²) in [6.07, 6.45) is 3.10. The first kappa shape index (κ1) is 17.6. The van der Waals surface area contributed by atoms with E-state index in [-0.39, 0.29) is 18.0 Å². The molecule has 2 amide bonds. The number of benzene rings is 1. The second-order valence-electron chi connectivity index (χ2n) is 5.71. The fourth-order valence-electron chi connectivity index (χ4n) is 2.50. The molecule has 0 unspecified atom stereocenters. The number of amides is 2. The van der Waals surface area contributed by atoms with Gasteiger partial charge in [0.1, 0.15) is 0 Å². The highest BCUT2D eigenvalue weighted by Gasteiger charge is 2.24. The molecule has 0 bridgehead atoms. The van der Waals surface area contributed by atoms with Gasteiger partial charge in [0.2, 0.25) is 0 Å². The Balaban J connectivity index is 1.76. The molecule has 1 fully saturated rings. The number of nitrogens with one attached hydrogen (secondary N) is 1. The second-order valence-corrected chi connectivity index (χ2v) is 6.15. The zero-order valence-electron chi connectivity index (χ0n) is 13.4. The van der Waals surface area contributed by atoms with Gasteiger partial charge < -0.3 is 15.0 Å². The number of nitrogens with zero attached hydrogens (tertiary/aromatic N) is 1. The van der Waals surface area contributed by atoms with Gasteiger partial charge in [-0.2, -0.15) is 0 Å². The summed E-state index contributed by atoms with van der Waals surface area (Å²) in [5.74, 6) is -0.128. The zero-order chi connectivity index (χ0) is 16.7. The molecule has 5 nitrogen and oxygen atoms in total. The molecule has 23 heavy (non-hydrogen) atoms. The lowest BCUT2D eigenvalue weighted by Crippen LogP contribution is -2.46. The summed E-state index contributed by atoms with van der Waals surface area (Å²) in [6, 6.07) is 6.95. The van der Waals surface area contributed by atoms with Crippen molar-refractivity contribution in [2.75, 3.05) is 19.7 Å². The van der Waals surface area contributed by atoms with Gasteiger partial charge in [-0.1, -0.05) is 31.0 Å². The fourth-order valence-corrected chi connectivity index (χ4v) is 2.69. The summed E-state index contributed by atoms with van der Waals surface area (Å²) in [5.41, 5.74) is 0.555. The van der Waals surface area contributed by atoms with E-state index in [1.54, 1.807) is 29.2 Å². The minimum absolute atomic E-state index is 0.0705. The first-order chi connectivity index (χ1) is 11.1. The number of carbonyl (C=O) groups is 2. The summed E-state index contributed by atoms with van der Waals surface area (Å²) in [4.78, 5) is 25.7. The highest BCUT2D eigenvalue weighted by atomic mass is 35.5. The molecule has 0 spiro atoms. The van der Waals surface area contributed by atoms with Crippen molar-refractivity contribution < 1.29 is 14.3 Å². The third-order valence-electron chi connectivity index (χ3n) is 3.90. The molecule has 1 N–H and O–H groups in total. The summed E-state index contributed by atoms with van der Waals surface area (Å²) in [5, 5.41) is 3.54. The van der Waals surface area contributed by atoms with Gasteiger partial charge in [-0.25, -0.2) is 4.79 Å². The molecule has 0 atom stereocenters. The number of rotatable bonds is 5. The summed E-state index contributed by atoms with van der Waals surface area (Å²) in [7, 11) is 0. The van der Waals surface area contributed by atoms with E-state index in [4.69, 9.17) is 16.3 Å². The number of hydrogen-bond donors (Lipinski definition) is 1. The minimum atomic E-state index is -0.252. The number of likely N-dealkylation sites (tertiary alicyclic amines) is 1. The molecule has 126 valence electrons. The lowest BCUT2D eigenvalue weighted by molar-refractivity contribution is 0.0836. The summed E-state index contributed by atoms with van der Waals surface area (Å²) < 4.78 is 5.21. The Morgan fingerprint density at radius 1 is 1.35 bits per heavy atom. The Morgan fingerprint density at radius 3 is 2.74 bits per heavy atom. The molecule has 0 aliphatic carbocycles. The number of carbonyl (C=O) groups excluding carboxylic acids is 2. The van der Waals surface area contributed by atoms with Crippen LogP contribution in [0, 0.1) is 0 Å². The van der Waals surface area contributed by atoms with Crippen molar-refractivity contribution in [2.24, 2.45) is 0 Å². The van der Waals surface area contributed by atoms with E-state index < -0.39 is 0 Å². The number of hydrogen-bond acceptors (Lipinski definition) is 3. The van der Waals surface area contributed by atoms with Crippen LogP contribution in [0.4, 0.5) is 4.79 Å². The van der Waals surface area contributed by atoms with Gasteiger partial charge in [-0.3, -0.25) is 4.79 Å². The van der Waals surface area contributed by atoms with Gasteiger partial charge in [0, 0.05) is 29.7 Å². The van der Waals surface area contributed by atoms with Crippen molar-refractivity contribution in [3.63, 3.8) is 0 Å². The van der Waals surface area contributed by atoms with Gasteiger partial charge >= 0.3 is 6.09 Å². The smallest absolute Gasteiger partial charge is 0.409 e. The monoisotopic (exact) mass is 338 g/mol. The highest BCUT2D eigenvalue weighted by Crippen LogP contribution is 2.14. The van der Waals surface area contributed by atoms with Crippen LogP contribution in [0.15, 0.2) is 24.3 Å². The Bertz CT molecular complexity index is 542. The SMILES string of the molecule is CCCCOC(=O)N1CCC(NC(=O)c2cccc(Cl)c2)CC1. The van der Waals surface area contributed by atoms with E-state index in [9.17, 15) is 9.59 Å². The van der Waals surface area contributed by atoms with Crippen LogP contribution >= 0.6 is 11.6 Å². The molecule has 1 aromatic carbocycles. The maximum absolute atomic E-state index is 12.2. The Morgan fingerprint density at radius 2 is 2.09 bits per heavy atom. The van der Waals surface area contributed by atoms with E-state index in [0.717, 1.165) is 25.7 Å². The molecule has 2 rings (SSSR count). The van der Waals surface area contributed by atoms with Crippen molar-refractivity contribution >= 4 is 23.6 Å². The van der Waals surface area contributed by atoms with E-state index >= 15 is 0 Å². The van der Waals surface area contributed by atoms with E-state index in [0.29, 0.717) is 30.3 Å². The number of ether oxygens (including phenoxy) is 1. The second kappa shape index (κ2) is 8.77. The average Bonchev–Trinajstić information content (AvgIpc) is 2.55. The van der Waals surface area contributed by atoms with Crippen LogP contribution in [0.3, 0.4) is 0 Å². The molecule has 0 saturated carbocycles. The number of unbranched alkanes of at least 4 members (excludes halogenated alkanes) is 1. The first-order valence-corrected chi connectivity index (χ1v) is 8.46. The topological polar surface area (TPSA) is 58.6 Å². The lowest BCUT2D eigenvalue weighted by Gasteiger charge is -2.31. The van der Waals surface area contributed by atoms with Crippen molar-refractivity contribution in [1.82, 2.24) is 10.2 Å². The molecule has 1 aromatic rings. The fraction of sp³-hybridized carbons (Fsp3) is 0.529. The molecule has 1 aliphatic rings. The molecule has 1 heterocycles. The van der Waals surface area contributed by atoms with Crippen molar-refractivity contribution in [3.8, 4) is 0 Å². The number of piperidine rings is 1. The Kier molecular flexibility index (Phi) is 6.71. The first-order valence-electron chi connectivity index (χ1n) is 8.08. The van der Waals surface area contributed by atoms with Crippen LogP contribution in [-0.4, -0.2) is 42.6 Å². The van der Waals surface area contributed by atoms with Gasteiger partial charge in [0.25, 0.3) is 5.91 Å². The molecule has 1 aliphatic heterocycles. The molecular weight excluding hydrogens is 316 g/mol. The maximum Gasteiger partial charge on any atom is 0.409 e. The maximum atomic E-state index is 12.2. The van der Waals surface area contributed by atoms with Gasteiger partial charge in [-0.05, 0) is 37.5 Å². The third-order valence-corrected chi connectivity index (χ3v) is 4.13. The Labute approximate surface area is 141 Å². The average molecular weight is 339 g/mol. The quantitative estimate of drug-likeness (QED) is 0.836. The summed E-state index contributed by atoms with van der Waals surface area (Å²) >= 11 is 5.90. The molecule has 1 saturated heterocycles. The van der Waals surface area contributed by atoms with E-state index in [1.807, 2.05) is 0 Å². The molecule has 0 aromatic heterocycles. The standard InChI is InChI=1S/C17H23ClN2O3/c1-2-3-11-23-17(22)20-9-7-15(8-10-20)19-16(21)13-5-4-6-14(18)12-13/h4-6,12,15H,2-3,7-11H2,1H3,(H,19,21). The minimum Gasteiger partial charge on any atom is -0.449 e. The van der Waals surface area contributed by atoms with Gasteiger partial charge in [0.05, 0.1) is 6.61 Å². The van der Waals surface area contributed by atoms with E-state index in [2.05, 4.69) is 12.2 Å². The van der Waals surface area contributed by atoms with Crippen LogP contribution in [0.2, 0.25) is 5.02 Å². The molecule has 0 radical (unpaired) electrons. The largest absolute Gasteiger partial charge is 0.449 e. The van der Waals surface area contributed by atoms with Crippen LogP contribution in [0.1, 0.15) is 43.0 Å². The van der Waals surface area contributed by atoms with Crippen LogP contribution in [-0.2, 0) is 4.74 Å². The zero-order valence-corrected chi connectivity index (χ0v) is 14.1. The summed E-state index contributed by atoms with van der Waals surface area (Å²) in [6.45, 7) is 3.74. The Hall–Kier alpha value is -1.75. The molecular formula is C17H23ClN2O3. The van der Waals surface area contributed by atoms with Crippen molar-refractivity contribution in [2.45, 2.75) is 38.6 Å². The third kappa shape index (κ3) is 5.43. The number of halogens is 1. The van der Waals surface area contributed by atoms with Crippen molar-refractivity contribution in [3.05, 3.63) is 34.9 Å². The lowest BCUT2D eigenvalue weighted by atomic mass is 10.0. The predicted octanol–water partition coefficient (Wildman–Crippen LogP) is 3.47. The highest BCUT2D eigenvalue weighted by molar-refractivity contribution is 6.30. The van der Waals surface area contributed by atoms with Crippen LogP contribution in [0.5, 0.6) is 0 Å². The van der Waals surface area contributed by atoms with Crippen LogP contribution < -0.4 is 5.32 Å². The predicted molar refractivity (Wildman–Crippen MR) is 89.8 cm³/mol.